The van der Waals surface area contributed by atoms with Crippen molar-refractivity contribution in [3.8, 4) is 0 Å². The van der Waals surface area contributed by atoms with Crippen molar-refractivity contribution in [1.82, 2.24) is 4.90 Å². The van der Waals surface area contributed by atoms with Gasteiger partial charge in [-0.15, -0.1) is 0 Å². The van der Waals surface area contributed by atoms with Crippen molar-refractivity contribution < 1.29 is 4.79 Å². The molecule has 1 amide bonds. The fourth-order valence-electron chi connectivity index (χ4n) is 2.49. The lowest BCUT2D eigenvalue weighted by Gasteiger charge is -2.29. The Bertz CT molecular complexity index is 453. The van der Waals surface area contributed by atoms with Crippen LogP contribution in [0, 0.1) is 5.92 Å². The fourth-order valence-corrected chi connectivity index (χ4v) is 2.49. The van der Waals surface area contributed by atoms with Crippen molar-refractivity contribution in [3.63, 3.8) is 0 Å². The fraction of sp³-hybridized carbons (Fsp3) is 0.500. The topological polar surface area (TPSA) is 84.4 Å². The highest BCUT2D eigenvalue weighted by atomic mass is 16.1. The predicted octanol–water partition coefficient (Wildman–Crippen LogP) is 1.12. The number of amides is 1. The van der Waals surface area contributed by atoms with Gasteiger partial charge in [-0.25, -0.2) is 0 Å². The SMILES string of the molecule is CN1CCC(CNc2c(N)cccc2C(N)=O)CC1. The molecule has 0 spiro atoms. The minimum atomic E-state index is -0.446. The highest BCUT2D eigenvalue weighted by Gasteiger charge is 2.18. The van der Waals surface area contributed by atoms with E-state index in [1.54, 1.807) is 18.2 Å². The molecule has 1 fully saturated rings. The van der Waals surface area contributed by atoms with Gasteiger partial charge in [-0.2, -0.15) is 0 Å². The van der Waals surface area contributed by atoms with Crippen molar-refractivity contribution in [2.24, 2.45) is 11.7 Å². The molecule has 1 heterocycles. The number of likely N-dealkylation sites (tertiary alicyclic amines) is 1. The van der Waals surface area contributed by atoms with E-state index in [2.05, 4.69) is 17.3 Å². The summed E-state index contributed by atoms with van der Waals surface area (Å²) in [5.41, 5.74) is 13.0. The van der Waals surface area contributed by atoms with Gasteiger partial charge >= 0.3 is 0 Å². The zero-order valence-corrected chi connectivity index (χ0v) is 11.4. The second-order valence-corrected chi connectivity index (χ2v) is 5.26. The maximum absolute atomic E-state index is 11.4. The van der Waals surface area contributed by atoms with Crippen LogP contribution < -0.4 is 16.8 Å². The Kier molecular flexibility index (Phi) is 4.27. The molecule has 5 N–H and O–H groups in total. The Labute approximate surface area is 113 Å². The number of carbonyl (C=O) groups excluding carboxylic acids is 1. The quantitative estimate of drug-likeness (QED) is 0.710. The molecular formula is C14H22N4O. The lowest BCUT2D eigenvalue weighted by atomic mass is 9.97. The van der Waals surface area contributed by atoms with Crippen molar-refractivity contribution in [3.05, 3.63) is 23.8 Å². The van der Waals surface area contributed by atoms with Gasteiger partial charge in [0, 0.05) is 6.54 Å². The Hall–Kier alpha value is -1.75. The number of hydrogen-bond donors (Lipinski definition) is 3. The number of piperidine rings is 1. The van der Waals surface area contributed by atoms with Crippen LogP contribution in [0.3, 0.4) is 0 Å². The van der Waals surface area contributed by atoms with Gasteiger partial charge < -0.3 is 21.7 Å². The Balaban J connectivity index is 2.01. The largest absolute Gasteiger partial charge is 0.397 e. The summed E-state index contributed by atoms with van der Waals surface area (Å²) in [7, 11) is 2.14. The van der Waals surface area contributed by atoms with E-state index >= 15 is 0 Å². The molecule has 1 aromatic rings. The smallest absolute Gasteiger partial charge is 0.250 e. The summed E-state index contributed by atoms with van der Waals surface area (Å²) < 4.78 is 0. The molecule has 1 aromatic carbocycles. The van der Waals surface area contributed by atoms with Crippen molar-refractivity contribution in [2.75, 3.05) is 37.7 Å². The predicted molar refractivity (Wildman–Crippen MR) is 78.1 cm³/mol. The zero-order chi connectivity index (χ0) is 13.8. The standard InChI is InChI=1S/C14H22N4O/c1-18-7-5-10(6-8-18)9-17-13-11(14(16)19)3-2-4-12(13)15/h2-4,10,17H,5-9,15H2,1H3,(H2,16,19). The number of hydrogen-bond acceptors (Lipinski definition) is 4. The number of para-hydroxylation sites is 1. The molecule has 5 heteroatoms. The highest BCUT2D eigenvalue weighted by Crippen LogP contribution is 2.25. The normalized spacial score (nSPS) is 17.3. The summed E-state index contributed by atoms with van der Waals surface area (Å²) in [5.74, 6) is 0.176. The van der Waals surface area contributed by atoms with Gasteiger partial charge in [-0.05, 0) is 51.0 Å². The second kappa shape index (κ2) is 5.93. The minimum absolute atomic E-state index is 0.446. The van der Waals surface area contributed by atoms with Gasteiger partial charge in [-0.3, -0.25) is 4.79 Å². The van der Waals surface area contributed by atoms with Gasteiger partial charge in [0.2, 0.25) is 0 Å². The van der Waals surface area contributed by atoms with Crippen LogP contribution in [0.2, 0.25) is 0 Å². The molecule has 0 unspecified atom stereocenters. The van der Waals surface area contributed by atoms with E-state index in [-0.39, 0.29) is 0 Å². The van der Waals surface area contributed by atoms with Gasteiger partial charge in [0.05, 0.1) is 16.9 Å². The van der Waals surface area contributed by atoms with Gasteiger partial charge in [0.25, 0.3) is 5.91 Å². The van der Waals surface area contributed by atoms with E-state index < -0.39 is 5.91 Å². The number of rotatable bonds is 4. The van der Waals surface area contributed by atoms with Crippen molar-refractivity contribution in [1.29, 1.82) is 0 Å². The molecule has 0 radical (unpaired) electrons. The van der Waals surface area contributed by atoms with E-state index in [0.29, 0.717) is 22.9 Å². The van der Waals surface area contributed by atoms with Crippen LogP contribution in [0.1, 0.15) is 23.2 Å². The molecule has 104 valence electrons. The number of carbonyl (C=O) groups is 1. The molecule has 2 rings (SSSR count). The van der Waals surface area contributed by atoms with Gasteiger partial charge in [0.1, 0.15) is 0 Å². The first-order valence-corrected chi connectivity index (χ1v) is 6.68. The Morgan fingerprint density at radius 2 is 2.11 bits per heavy atom. The maximum Gasteiger partial charge on any atom is 0.250 e. The first kappa shape index (κ1) is 13.7. The summed E-state index contributed by atoms with van der Waals surface area (Å²) in [6.45, 7) is 3.08. The van der Waals surface area contributed by atoms with Crippen LogP contribution in [0.15, 0.2) is 18.2 Å². The summed E-state index contributed by atoms with van der Waals surface area (Å²) in [6, 6.07) is 5.23. The molecule has 0 saturated carbocycles. The van der Waals surface area contributed by atoms with E-state index in [1.165, 1.54) is 12.8 Å². The zero-order valence-electron chi connectivity index (χ0n) is 11.4. The molecular weight excluding hydrogens is 240 g/mol. The molecule has 19 heavy (non-hydrogen) atoms. The molecule has 1 aliphatic heterocycles. The number of nitrogens with one attached hydrogen (secondary N) is 1. The lowest BCUT2D eigenvalue weighted by molar-refractivity contribution is 0.100. The van der Waals surface area contributed by atoms with Gasteiger partial charge in [0.15, 0.2) is 0 Å². The molecule has 0 bridgehead atoms. The molecule has 1 aliphatic rings. The first-order valence-electron chi connectivity index (χ1n) is 6.68. The average Bonchev–Trinajstić information content (AvgIpc) is 2.39. The second-order valence-electron chi connectivity index (χ2n) is 5.26. The van der Waals surface area contributed by atoms with Crippen LogP contribution in [0.25, 0.3) is 0 Å². The third kappa shape index (κ3) is 3.38. The Morgan fingerprint density at radius 1 is 1.42 bits per heavy atom. The van der Waals surface area contributed by atoms with Crippen LogP contribution >= 0.6 is 0 Å². The number of nitrogens with two attached hydrogens (primary N) is 2. The number of benzene rings is 1. The van der Waals surface area contributed by atoms with E-state index in [1.807, 2.05) is 0 Å². The maximum atomic E-state index is 11.4. The van der Waals surface area contributed by atoms with Crippen molar-refractivity contribution in [2.45, 2.75) is 12.8 Å². The lowest BCUT2D eigenvalue weighted by Crippen LogP contribution is -2.33. The molecule has 5 nitrogen and oxygen atoms in total. The van der Waals surface area contributed by atoms with Gasteiger partial charge in [-0.1, -0.05) is 6.07 Å². The van der Waals surface area contributed by atoms with E-state index in [0.717, 1.165) is 19.6 Å². The minimum Gasteiger partial charge on any atom is -0.397 e. The molecule has 0 aliphatic carbocycles. The number of primary amides is 1. The average molecular weight is 262 g/mol. The van der Waals surface area contributed by atoms with Crippen LogP contribution in [0.4, 0.5) is 11.4 Å². The molecule has 0 aromatic heterocycles. The van der Waals surface area contributed by atoms with Crippen LogP contribution in [0.5, 0.6) is 0 Å². The van der Waals surface area contributed by atoms with Crippen LogP contribution in [-0.4, -0.2) is 37.5 Å². The summed E-state index contributed by atoms with van der Waals surface area (Å²) >= 11 is 0. The molecule has 0 atom stereocenters. The number of anilines is 2. The summed E-state index contributed by atoms with van der Waals surface area (Å²) in [6.07, 6.45) is 2.34. The van der Waals surface area contributed by atoms with Crippen molar-refractivity contribution >= 4 is 17.3 Å². The highest BCUT2D eigenvalue weighted by molar-refractivity contribution is 6.01. The summed E-state index contributed by atoms with van der Waals surface area (Å²) in [4.78, 5) is 13.7. The van der Waals surface area contributed by atoms with Crippen LogP contribution in [-0.2, 0) is 0 Å². The number of nitrogens with zero attached hydrogens (tertiary/aromatic N) is 1. The third-order valence-corrected chi connectivity index (χ3v) is 3.77. The summed E-state index contributed by atoms with van der Waals surface area (Å²) in [5, 5.41) is 3.30. The molecule has 1 saturated heterocycles. The Morgan fingerprint density at radius 3 is 2.74 bits per heavy atom. The monoisotopic (exact) mass is 262 g/mol. The number of nitrogen functional groups attached to an aromatic ring is 1. The van der Waals surface area contributed by atoms with E-state index in [9.17, 15) is 4.79 Å². The van der Waals surface area contributed by atoms with E-state index in [4.69, 9.17) is 11.5 Å². The first-order chi connectivity index (χ1) is 9.08. The third-order valence-electron chi connectivity index (χ3n) is 3.77.